The predicted octanol–water partition coefficient (Wildman–Crippen LogP) is 1.75. The summed E-state index contributed by atoms with van der Waals surface area (Å²) in [4.78, 5) is 11.7. The van der Waals surface area contributed by atoms with Crippen molar-refractivity contribution in [2.75, 3.05) is 5.73 Å². The number of nitrogens with one attached hydrogen (secondary N) is 1. The average Bonchev–Trinajstić information content (AvgIpc) is 2.82. The number of aromatic nitrogens is 1. The quantitative estimate of drug-likeness (QED) is 0.788. The molecule has 1 aromatic carbocycles. The first-order valence-electron chi connectivity index (χ1n) is 5.23. The highest BCUT2D eigenvalue weighted by Gasteiger charge is 2.13. The molecule has 0 fully saturated rings. The first kappa shape index (κ1) is 11.2. The maximum atomic E-state index is 11.7. The summed E-state index contributed by atoms with van der Waals surface area (Å²) in [6, 6.07) is 8.76. The molecule has 5 nitrogen and oxygen atoms in total. The summed E-state index contributed by atoms with van der Waals surface area (Å²) in [5.74, 6) is -0.270. The number of benzene rings is 1. The molecule has 0 aliphatic carbocycles. The molecule has 2 aromatic rings. The van der Waals surface area contributed by atoms with Crippen LogP contribution in [-0.2, 0) is 0 Å². The average molecular weight is 231 g/mol. The summed E-state index contributed by atoms with van der Waals surface area (Å²) in [6.45, 7) is 1.88. The van der Waals surface area contributed by atoms with Gasteiger partial charge in [-0.15, -0.1) is 0 Å². The number of amides is 1. The fourth-order valence-electron chi connectivity index (χ4n) is 1.51. The van der Waals surface area contributed by atoms with Crippen LogP contribution in [0, 0.1) is 0 Å². The van der Waals surface area contributed by atoms with Crippen LogP contribution in [0.3, 0.4) is 0 Å². The number of carbonyl (C=O) groups excluding carboxylic acids is 1. The van der Waals surface area contributed by atoms with Crippen molar-refractivity contribution in [3.05, 3.63) is 47.9 Å². The highest BCUT2D eigenvalue weighted by atomic mass is 16.5. The maximum absolute atomic E-state index is 11.7. The van der Waals surface area contributed by atoms with Crippen LogP contribution < -0.4 is 11.1 Å². The van der Waals surface area contributed by atoms with E-state index in [0.717, 1.165) is 5.56 Å². The van der Waals surface area contributed by atoms with Crippen molar-refractivity contribution in [3.8, 4) is 0 Å². The Kier molecular flexibility index (Phi) is 3.09. The Bertz CT molecular complexity index is 508. The molecule has 0 saturated heterocycles. The number of rotatable bonds is 3. The minimum Gasteiger partial charge on any atom is -0.399 e. The highest BCUT2D eigenvalue weighted by molar-refractivity contribution is 5.92. The van der Waals surface area contributed by atoms with Crippen LogP contribution in [0.15, 0.2) is 41.1 Å². The second-order valence-electron chi connectivity index (χ2n) is 3.75. The van der Waals surface area contributed by atoms with Gasteiger partial charge in [-0.05, 0) is 24.6 Å². The van der Waals surface area contributed by atoms with Crippen LogP contribution in [0.5, 0.6) is 0 Å². The summed E-state index contributed by atoms with van der Waals surface area (Å²) >= 11 is 0. The van der Waals surface area contributed by atoms with Crippen molar-refractivity contribution >= 4 is 11.6 Å². The Morgan fingerprint density at radius 2 is 2.29 bits per heavy atom. The lowest BCUT2D eigenvalue weighted by molar-refractivity contribution is 0.0930. The van der Waals surface area contributed by atoms with E-state index >= 15 is 0 Å². The monoisotopic (exact) mass is 231 g/mol. The largest absolute Gasteiger partial charge is 0.399 e. The lowest BCUT2D eigenvalue weighted by Gasteiger charge is -2.13. The van der Waals surface area contributed by atoms with Gasteiger partial charge in [0.1, 0.15) is 6.26 Å². The summed E-state index contributed by atoms with van der Waals surface area (Å²) in [6.07, 6.45) is 1.36. The molecule has 17 heavy (non-hydrogen) atoms. The molecule has 2 rings (SSSR count). The van der Waals surface area contributed by atoms with Gasteiger partial charge in [-0.1, -0.05) is 17.3 Å². The number of nitrogens with two attached hydrogens (primary N) is 1. The van der Waals surface area contributed by atoms with E-state index in [4.69, 9.17) is 5.73 Å². The summed E-state index contributed by atoms with van der Waals surface area (Å²) < 4.78 is 4.61. The molecule has 0 bridgehead atoms. The van der Waals surface area contributed by atoms with Crippen LogP contribution >= 0.6 is 0 Å². The van der Waals surface area contributed by atoms with Crippen LogP contribution in [0.25, 0.3) is 0 Å². The van der Waals surface area contributed by atoms with Crippen molar-refractivity contribution in [1.82, 2.24) is 10.5 Å². The third-order valence-electron chi connectivity index (χ3n) is 2.43. The van der Waals surface area contributed by atoms with Crippen molar-refractivity contribution < 1.29 is 9.32 Å². The number of hydrogen-bond acceptors (Lipinski definition) is 4. The molecule has 5 heteroatoms. The number of nitrogen functional groups attached to an aromatic ring is 1. The third-order valence-corrected chi connectivity index (χ3v) is 2.43. The minimum atomic E-state index is -0.270. The van der Waals surface area contributed by atoms with E-state index < -0.39 is 0 Å². The normalized spacial score (nSPS) is 12.1. The van der Waals surface area contributed by atoms with Crippen LogP contribution in [0.4, 0.5) is 5.69 Å². The van der Waals surface area contributed by atoms with E-state index in [1.807, 2.05) is 25.1 Å². The van der Waals surface area contributed by atoms with E-state index in [1.54, 1.807) is 6.07 Å². The van der Waals surface area contributed by atoms with Crippen molar-refractivity contribution in [2.45, 2.75) is 13.0 Å². The molecular formula is C12H13N3O2. The number of anilines is 1. The van der Waals surface area contributed by atoms with Gasteiger partial charge in [0.2, 0.25) is 0 Å². The second-order valence-corrected chi connectivity index (χ2v) is 3.75. The fraction of sp³-hybridized carbons (Fsp3) is 0.167. The van der Waals surface area contributed by atoms with Crippen molar-refractivity contribution in [2.24, 2.45) is 0 Å². The Hall–Kier alpha value is -2.30. The minimum absolute atomic E-state index is 0.136. The molecule has 88 valence electrons. The Morgan fingerprint density at radius 3 is 2.94 bits per heavy atom. The molecule has 0 aliphatic rings. The standard InChI is InChI=1S/C12H13N3O2/c1-8(9-3-2-4-10(13)7-9)14-12(16)11-5-6-17-15-11/h2-8H,13H2,1H3,(H,14,16). The zero-order chi connectivity index (χ0) is 12.3. The molecule has 0 saturated carbocycles. The number of hydrogen-bond donors (Lipinski definition) is 2. The molecular weight excluding hydrogens is 218 g/mol. The predicted molar refractivity (Wildman–Crippen MR) is 63.2 cm³/mol. The molecule has 1 atom stereocenters. The van der Waals surface area contributed by atoms with E-state index in [2.05, 4.69) is 15.0 Å². The first-order chi connectivity index (χ1) is 8.16. The van der Waals surface area contributed by atoms with Gasteiger partial charge in [0.25, 0.3) is 5.91 Å². The van der Waals surface area contributed by atoms with E-state index in [-0.39, 0.29) is 17.6 Å². The second kappa shape index (κ2) is 4.69. The molecule has 1 aromatic heterocycles. The topological polar surface area (TPSA) is 81.2 Å². The maximum Gasteiger partial charge on any atom is 0.273 e. The molecule has 0 radical (unpaired) electrons. The molecule has 0 spiro atoms. The first-order valence-corrected chi connectivity index (χ1v) is 5.23. The van der Waals surface area contributed by atoms with Gasteiger partial charge in [-0.25, -0.2) is 0 Å². The molecule has 1 amide bonds. The Labute approximate surface area is 98.6 Å². The Morgan fingerprint density at radius 1 is 1.47 bits per heavy atom. The summed E-state index contributed by atoms with van der Waals surface area (Å²) in [7, 11) is 0. The van der Waals surface area contributed by atoms with E-state index in [0.29, 0.717) is 5.69 Å². The van der Waals surface area contributed by atoms with Crippen LogP contribution in [0.2, 0.25) is 0 Å². The van der Waals surface area contributed by atoms with Gasteiger partial charge >= 0.3 is 0 Å². The fourth-order valence-corrected chi connectivity index (χ4v) is 1.51. The molecule has 1 heterocycles. The zero-order valence-corrected chi connectivity index (χ0v) is 9.38. The van der Waals surface area contributed by atoms with Crippen molar-refractivity contribution in [1.29, 1.82) is 0 Å². The van der Waals surface area contributed by atoms with Gasteiger partial charge in [-0.3, -0.25) is 4.79 Å². The SMILES string of the molecule is CC(NC(=O)c1ccon1)c1cccc(N)c1. The highest BCUT2D eigenvalue weighted by Crippen LogP contribution is 2.15. The van der Waals surface area contributed by atoms with E-state index in [1.165, 1.54) is 12.3 Å². The third kappa shape index (κ3) is 2.63. The number of carbonyl (C=O) groups is 1. The smallest absolute Gasteiger partial charge is 0.273 e. The molecule has 1 unspecified atom stereocenters. The van der Waals surface area contributed by atoms with Crippen LogP contribution in [0.1, 0.15) is 29.0 Å². The molecule has 0 aliphatic heterocycles. The Balaban J connectivity index is 2.07. The van der Waals surface area contributed by atoms with Crippen LogP contribution in [-0.4, -0.2) is 11.1 Å². The lowest BCUT2D eigenvalue weighted by Crippen LogP contribution is -2.26. The summed E-state index contributed by atoms with van der Waals surface area (Å²) in [5, 5.41) is 6.38. The van der Waals surface area contributed by atoms with Gasteiger partial charge < -0.3 is 15.6 Å². The van der Waals surface area contributed by atoms with Gasteiger partial charge in [0, 0.05) is 11.8 Å². The number of nitrogens with zero attached hydrogens (tertiary/aromatic N) is 1. The van der Waals surface area contributed by atoms with Gasteiger partial charge in [0.05, 0.1) is 6.04 Å². The van der Waals surface area contributed by atoms with Gasteiger partial charge in [-0.2, -0.15) is 0 Å². The zero-order valence-electron chi connectivity index (χ0n) is 9.38. The summed E-state index contributed by atoms with van der Waals surface area (Å²) in [5.41, 5.74) is 7.56. The molecule has 3 N–H and O–H groups in total. The van der Waals surface area contributed by atoms with Gasteiger partial charge in [0.15, 0.2) is 5.69 Å². The lowest BCUT2D eigenvalue weighted by atomic mass is 10.1. The van der Waals surface area contributed by atoms with E-state index in [9.17, 15) is 4.79 Å². The van der Waals surface area contributed by atoms with Crippen molar-refractivity contribution in [3.63, 3.8) is 0 Å².